The van der Waals surface area contributed by atoms with Gasteiger partial charge in [0.15, 0.2) is 0 Å². The number of aryl methyl sites for hydroxylation is 1. The lowest BCUT2D eigenvalue weighted by molar-refractivity contribution is 0.174. The number of hydrogen-bond acceptors (Lipinski definition) is 2. The Hall–Kier alpha value is -1.87. The average Bonchev–Trinajstić information content (AvgIpc) is 2.59. The van der Waals surface area contributed by atoms with E-state index in [1.165, 1.54) is 24.8 Å². The lowest BCUT2D eigenvalue weighted by Gasteiger charge is -2.31. The minimum Gasteiger partial charge on any atom is -0.329 e. The lowest BCUT2D eigenvalue weighted by Crippen LogP contribution is -2.34. The summed E-state index contributed by atoms with van der Waals surface area (Å²) in [6, 6.07) is 14.1. The second-order valence-corrected chi connectivity index (χ2v) is 6.31. The Morgan fingerprint density at radius 3 is 2.30 bits per heavy atom. The third kappa shape index (κ3) is 6.03. The quantitative estimate of drug-likeness (QED) is 0.930. The highest BCUT2D eigenvalue weighted by molar-refractivity contribution is 5.11. The van der Waals surface area contributed by atoms with Crippen LogP contribution in [0, 0.1) is 12.8 Å². The van der Waals surface area contributed by atoms with Gasteiger partial charge in [0.05, 0.1) is 0 Å². The third-order valence-electron chi connectivity index (χ3n) is 4.52. The van der Waals surface area contributed by atoms with E-state index in [2.05, 4.69) is 35.9 Å². The molecule has 23 heavy (non-hydrogen) atoms. The number of H-pyrrole nitrogens is 1. The van der Waals surface area contributed by atoms with E-state index < -0.39 is 0 Å². The molecular weight excluding hydrogens is 284 g/mol. The van der Waals surface area contributed by atoms with Gasteiger partial charge in [0.1, 0.15) is 0 Å². The fourth-order valence-corrected chi connectivity index (χ4v) is 2.91. The molecule has 0 saturated carbocycles. The topological polar surface area (TPSA) is 36.1 Å². The van der Waals surface area contributed by atoms with Gasteiger partial charge in [-0.1, -0.05) is 55.3 Å². The van der Waals surface area contributed by atoms with Crippen molar-refractivity contribution < 1.29 is 0 Å². The molecule has 0 bridgehead atoms. The molecule has 0 unspecified atom stereocenters. The zero-order chi connectivity index (χ0) is 16.5. The first-order valence-electron chi connectivity index (χ1n) is 8.59. The van der Waals surface area contributed by atoms with E-state index in [1.807, 2.05) is 30.3 Å². The summed E-state index contributed by atoms with van der Waals surface area (Å²) in [6.07, 6.45) is 5.54. The summed E-state index contributed by atoms with van der Waals surface area (Å²) >= 11 is 0. The Morgan fingerprint density at radius 1 is 1.09 bits per heavy atom. The number of likely N-dealkylation sites (tertiary alicyclic amines) is 1. The van der Waals surface area contributed by atoms with Crippen LogP contribution in [-0.4, -0.2) is 23.0 Å². The van der Waals surface area contributed by atoms with Crippen molar-refractivity contribution in [2.45, 2.75) is 39.7 Å². The van der Waals surface area contributed by atoms with E-state index in [-0.39, 0.29) is 5.56 Å². The number of aromatic amines is 1. The molecule has 1 aliphatic heterocycles. The van der Waals surface area contributed by atoms with Crippen LogP contribution in [0.25, 0.3) is 0 Å². The number of benzene rings is 1. The maximum absolute atomic E-state index is 11.5. The van der Waals surface area contributed by atoms with Crippen LogP contribution in [0.15, 0.2) is 53.5 Å². The molecule has 1 N–H and O–H groups in total. The summed E-state index contributed by atoms with van der Waals surface area (Å²) in [5, 5.41) is 0. The van der Waals surface area contributed by atoms with Crippen LogP contribution in [-0.2, 0) is 6.54 Å². The molecule has 3 nitrogen and oxygen atoms in total. The van der Waals surface area contributed by atoms with Gasteiger partial charge in [-0.15, -0.1) is 0 Å². The van der Waals surface area contributed by atoms with Crippen molar-refractivity contribution in [1.29, 1.82) is 0 Å². The van der Waals surface area contributed by atoms with Gasteiger partial charge in [-0.25, -0.2) is 0 Å². The lowest BCUT2D eigenvalue weighted by atomic mass is 9.94. The van der Waals surface area contributed by atoms with E-state index in [0.29, 0.717) is 0 Å². The minimum atomic E-state index is 0.0557. The second-order valence-electron chi connectivity index (χ2n) is 6.31. The van der Waals surface area contributed by atoms with Crippen LogP contribution in [0.3, 0.4) is 0 Å². The maximum Gasteiger partial charge on any atom is 0.252 e. The molecule has 0 radical (unpaired) electrons. The summed E-state index contributed by atoms with van der Waals surface area (Å²) in [5.41, 5.74) is 2.26. The summed E-state index contributed by atoms with van der Waals surface area (Å²) in [5.74, 6) is 0.894. The second kappa shape index (κ2) is 9.31. The standard InChI is InChI=1S/C13H20N2O.C7H8/c1-2-11-5-8-15(9-6-11)10-12-4-3-7-14-13(12)16;1-7-5-3-2-4-6-7/h3-4,7,11H,2,5-6,8-10H2,1H3,(H,14,16);2-6H,1H3. The summed E-state index contributed by atoms with van der Waals surface area (Å²) in [4.78, 5) is 16.6. The predicted molar refractivity (Wildman–Crippen MR) is 96.5 cm³/mol. The molecule has 124 valence electrons. The highest BCUT2D eigenvalue weighted by Gasteiger charge is 2.18. The Balaban J connectivity index is 0.000000229. The molecule has 0 spiro atoms. The maximum atomic E-state index is 11.5. The average molecular weight is 312 g/mol. The van der Waals surface area contributed by atoms with Crippen molar-refractivity contribution in [1.82, 2.24) is 9.88 Å². The number of piperidine rings is 1. The third-order valence-corrected chi connectivity index (χ3v) is 4.52. The fraction of sp³-hybridized carbons (Fsp3) is 0.450. The van der Waals surface area contributed by atoms with Crippen molar-refractivity contribution in [3.63, 3.8) is 0 Å². The van der Waals surface area contributed by atoms with Crippen LogP contribution >= 0.6 is 0 Å². The van der Waals surface area contributed by atoms with Gasteiger partial charge in [-0.3, -0.25) is 9.69 Å². The minimum absolute atomic E-state index is 0.0557. The van der Waals surface area contributed by atoms with E-state index in [9.17, 15) is 4.79 Å². The molecule has 2 aromatic rings. The molecule has 2 heterocycles. The van der Waals surface area contributed by atoms with Crippen LogP contribution < -0.4 is 5.56 Å². The Kier molecular flexibility index (Phi) is 7.08. The number of hydrogen-bond donors (Lipinski definition) is 1. The van der Waals surface area contributed by atoms with E-state index in [4.69, 9.17) is 0 Å². The smallest absolute Gasteiger partial charge is 0.252 e. The molecular formula is C20H28N2O. The largest absolute Gasteiger partial charge is 0.329 e. The molecule has 1 aliphatic rings. The molecule has 0 atom stereocenters. The van der Waals surface area contributed by atoms with Gasteiger partial charge in [0, 0.05) is 18.3 Å². The summed E-state index contributed by atoms with van der Waals surface area (Å²) < 4.78 is 0. The van der Waals surface area contributed by atoms with Crippen molar-refractivity contribution >= 4 is 0 Å². The fourth-order valence-electron chi connectivity index (χ4n) is 2.91. The molecule has 1 saturated heterocycles. The Bertz CT molecular complexity index is 613. The van der Waals surface area contributed by atoms with Gasteiger partial charge in [0.2, 0.25) is 0 Å². The van der Waals surface area contributed by atoms with Gasteiger partial charge in [0.25, 0.3) is 5.56 Å². The number of nitrogens with zero attached hydrogens (tertiary/aromatic N) is 1. The summed E-state index contributed by atoms with van der Waals surface area (Å²) in [6.45, 7) is 7.41. The molecule has 0 amide bonds. The van der Waals surface area contributed by atoms with E-state index in [1.54, 1.807) is 6.20 Å². The highest BCUT2D eigenvalue weighted by atomic mass is 16.1. The Labute approximate surface area is 139 Å². The van der Waals surface area contributed by atoms with Crippen molar-refractivity contribution in [2.75, 3.05) is 13.1 Å². The first-order chi connectivity index (χ1) is 11.2. The number of nitrogens with one attached hydrogen (secondary N) is 1. The number of aromatic nitrogens is 1. The van der Waals surface area contributed by atoms with E-state index >= 15 is 0 Å². The zero-order valence-corrected chi connectivity index (χ0v) is 14.3. The molecule has 1 aromatic carbocycles. The van der Waals surface area contributed by atoms with Gasteiger partial charge in [-0.2, -0.15) is 0 Å². The summed E-state index contributed by atoms with van der Waals surface area (Å²) in [7, 11) is 0. The highest BCUT2D eigenvalue weighted by Crippen LogP contribution is 2.20. The van der Waals surface area contributed by atoms with Gasteiger partial charge >= 0.3 is 0 Å². The van der Waals surface area contributed by atoms with Crippen molar-refractivity contribution in [3.05, 3.63) is 70.1 Å². The SMILES string of the molecule is CCC1CCN(Cc2ccc[nH]c2=O)CC1.Cc1ccccc1. The molecule has 3 rings (SSSR count). The number of rotatable bonds is 3. The molecule has 1 fully saturated rings. The number of pyridine rings is 1. The van der Waals surface area contributed by atoms with Gasteiger partial charge in [-0.05, 0) is 44.8 Å². The van der Waals surface area contributed by atoms with Crippen molar-refractivity contribution in [3.8, 4) is 0 Å². The molecule has 3 heteroatoms. The monoisotopic (exact) mass is 312 g/mol. The molecule has 0 aliphatic carbocycles. The molecule has 1 aromatic heterocycles. The normalized spacial score (nSPS) is 15.7. The first-order valence-corrected chi connectivity index (χ1v) is 8.59. The van der Waals surface area contributed by atoms with Crippen LogP contribution in [0.2, 0.25) is 0 Å². The zero-order valence-electron chi connectivity index (χ0n) is 14.3. The first kappa shape index (κ1) is 17.5. The Morgan fingerprint density at radius 2 is 1.78 bits per heavy atom. The van der Waals surface area contributed by atoms with Crippen molar-refractivity contribution in [2.24, 2.45) is 5.92 Å². The van der Waals surface area contributed by atoms with Crippen LogP contribution in [0.1, 0.15) is 37.3 Å². The van der Waals surface area contributed by atoms with Crippen LogP contribution in [0.5, 0.6) is 0 Å². The van der Waals surface area contributed by atoms with Crippen LogP contribution in [0.4, 0.5) is 0 Å². The predicted octanol–water partition coefficient (Wildman–Crippen LogP) is 3.99. The van der Waals surface area contributed by atoms with Gasteiger partial charge < -0.3 is 4.98 Å². The van der Waals surface area contributed by atoms with E-state index in [0.717, 1.165) is 31.1 Å².